The fourth-order valence-corrected chi connectivity index (χ4v) is 6.13. The second-order valence-electron chi connectivity index (χ2n) is 9.81. The monoisotopic (exact) mass is 483 g/mol. The number of fused-ring (bicyclic) bond motifs is 1. The molecule has 0 amide bonds. The van der Waals surface area contributed by atoms with Crippen LogP contribution in [0.25, 0.3) is 0 Å². The summed E-state index contributed by atoms with van der Waals surface area (Å²) in [5.74, 6) is -0.775. The number of para-hydroxylation sites is 1. The summed E-state index contributed by atoms with van der Waals surface area (Å²) in [5.41, 5.74) is 3.57. The van der Waals surface area contributed by atoms with Gasteiger partial charge in [-0.2, -0.15) is 0 Å². The van der Waals surface area contributed by atoms with E-state index in [9.17, 15) is 9.59 Å². The first-order chi connectivity index (χ1) is 16.7. The van der Waals surface area contributed by atoms with E-state index in [1.54, 1.807) is 11.1 Å². The zero-order valence-electron chi connectivity index (χ0n) is 19.8. The molecule has 0 spiro atoms. The standard InChI is InChI=1S/C23H27NO.C4H6O6/c1-24-14-13-23-12-6-5-9-20(23)22(24)15-17-10-11-19(16-21(17)23)25-18-7-3-2-4-8-18;5-1(3(7)8)2(6)4(9)10/h2-4,7-8,10-11,16,20,22H,5-6,9,12-15H2,1H3;1-2,5-6H,(H,7,8)(H,9,10)/t20-,22+,23+;/m0./s1. The number of likely N-dealkylation sites (N-methyl/N-ethyl adjacent to an activating group) is 1. The van der Waals surface area contributed by atoms with Gasteiger partial charge in [-0.25, -0.2) is 9.59 Å². The Hall–Kier alpha value is -2.94. The molecule has 2 bridgehead atoms. The lowest BCUT2D eigenvalue weighted by molar-refractivity contribution is -0.165. The molecule has 2 aromatic rings. The van der Waals surface area contributed by atoms with Gasteiger partial charge in [0.25, 0.3) is 0 Å². The highest BCUT2D eigenvalue weighted by Crippen LogP contribution is 2.56. The Labute approximate surface area is 204 Å². The van der Waals surface area contributed by atoms with Crippen LogP contribution in [0.4, 0.5) is 0 Å². The fourth-order valence-electron chi connectivity index (χ4n) is 6.13. The maximum absolute atomic E-state index is 9.77. The molecule has 188 valence electrons. The van der Waals surface area contributed by atoms with Crippen molar-refractivity contribution < 1.29 is 34.8 Å². The first kappa shape index (κ1) is 25.2. The van der Waals surface area contributed by atoms with Crippen molar-refractivity contribution in [2.24, 2.45) is 5.92 Å². The molecule has 0 aromatic heterocycles. The number of aliphatic hydroxyl groups is 2. The predicted molar refractivity (Wildman–Crippen MR) is 129 cm³/mol. The van der Waals surface area contributed by atoms with Crippen LogP contribution < -0.4 is 4.74 Å². The van der Waals surface area contributed by atoms with Crippen molar-refractivity contribution >= 4 is 11.9 Å². The number of nitrogens with zero attached hydrogens (tertiary/aromatic N) is 1. The van der Waals surface area contributed by atoms with Crippen LogP contribution in [0.2, 0.25) is 0 Å². The number of piperidine rings is 1. The third-order valence-electron chi connectivity index (χ3n) is 7.87. The average Bonchev–Trinajstić information content (AvgIpc) is 2.86. The third kappa shape index (κ3) is 5.05. The molecule has 8 nitrogen and oxygen atoms in total. The van der Waals surface area contributed by atoms with E-state index in [4.69, 9.17) is 25.2 Å². The Morgan fingerprint density at radius 3 is 2.31 bits per heavy atom. The lowest BCUT2D eigenvalue weighted by Crippen LogP contribution is -2.59. The van der Waals surface area contributed by atoms with Crippen LogP contribution in [-0.2, 0) is 21.4 Å². The summed E-state index contributed by atoms with van der Waals surface area (Å²) in [6, 6.07) is 17.8. The molecule has 2 fully saturated rings. The van der Waals surface area contributed by atoms with E-state index in [0.29, 0.717) is 5.41 Å². The molecule has 1 heterocycles. The van der Waals surface area contributed by atoms with E-state index in [1.807, 2.05) is 30.3 Å². The molecule has 2 unspecified atom stereocenters. The number of likely N-dealkylation sites (tertiary alicyclic amines) is 1. The van der Waals surface area contributed by atoms with Gasteiger partial charge in [0.15, 0.2) is 12.2 Å². The van der Waals surface area contributed by atoms with E-state index in [1.165, 1.54) is 45.1 Å². The number of hydrogen-bond acceptors (Lipinski definition) is 6. The Morgan fingerprint density at radius 1 is 0.971 bits per heavy atom. The number of aliphatic carboxylic acids is 2. The van der Waals surface area contributed by atoms with E-state index >= 15 is 0 Å². The minimum atomic E-state index is -2.27. The summed E-state index contributed by atoms with van der Waals surface area (Å²) in [7, 11) is 2.33. The number of rotatable bonds is 5. The molecule has 1 aliphatic heterocycles. The average molecular weight is 484 g/mol. The third-order valence-corrected chi connectivity index (χ3v) is 7.87. The SMILES string of the molecule is CN1CC[C@]23CCCC[C@H]2[C@H]1Cc1ccc(Oc2ccccc2)cc13.O=C(O)C(O)C(O)C(=O)O. The molecule has 4 N–H and O–H groups in total. The molecule has 2 aliphatic carbocycles. The summed E-state index contributed by atoms with van der Waals surface area (Å²) in [6.07, 6.45) is 3.55. The first-order valence-electron chi connectivity index (χ1n) is 12.1. The molecular weight excluding hydrogens is 450 g/mol. The smallest absolute Gasteiger partial charge is 0.335 e. The lowest BCUT2D eigenvalue weighted by atomic mass is 9.52. The normalized spacial score (nSPS) is 26.7. The van der Waals surface area contributed by atoms with Gasteiger partial charge in [-0.15, -0.1) is 0 Å². The first-order valence-corrected chi connectivity index (χ1v) is 12.1. The van der Waals surface area contributed by atoms with Gasteiger partial charge in [-0.3, -0.25) is 0 Å². The molecule has 2 aromatic carbocycles. The van der Waals surface area contributed by atoms with Crippen LogP contribution in [0.5, 0.6) is 11.5 Å². The predicted octanol–water partition coefficient (Wildman–Crippen LogP) is 3.04. The Bertz CT molecular complexity index is 1040. The highest BCUT2D eigenvalue weighted by Gasteiger charge is 2.53. The van der Waals surface area contributed by atoms with E-state index in [-0.39, 0.29) is 0 Å². The fraction of sp³-hybridized carbons (Fsp3) is 0.481. The zero-order chi connectivity index (χ0) is 25.2. The summed E-state index contributed by atoms with van der Waals surface area (Å²) in [6.45, 7) is 1.24. The highest BCUT2D eigenvalue weighted by molar-refractivity contribution is 5.83. The Kier molecular flexibility index (Phi) is 7.44. The molecule has 5 rings (SSSR count). The van der Waals surface area contributed by atoms with Crippen molar-refractivity contribution in [1.29, 1.82) is 0 Å². The van der Waals surface area contributed by atoms with Crippen molar-refractivity contribution in [1.82, 2.24) is 4.90 Å². The lowest BCUT2D eigenvalue weighted by Gasteiger charge is -2.58. The summed E-state index contributed by atoms with van der Waals surface area (Å²) >= 11 is 0. The van der Waals surface area contributed by atoms with Crippen molar-refractivity contribution in [3.63, 3.8) is 0 Å². The highest BCUT2D eigenvalue weighted by atomic mass is 16.5. The van der Waals surface area contributed by atoms with Crippen LogP contribution in [0.3, 0.4) is 0 Å². The Balaban J connectivity index is 0.000000248. The van der Waals surface area contributed by atoms with Crippen LogP contribution in [0.15, 0.2) is 48.5 Å². The van der Waals surface area contributed by atoms with Crippen molar-refractivity contribution in [3.05, 3.63) is 59.7 Å². The van der Waals surface area contributed by atoms with Gasteiger partial charge in [0.1, 0.15) is 11.5 Å². The molecule has 35 heavy (non-hydrogen) atoms. The zero-order valence-corrected chi connectivity index (χ0v) is 19.8. The second-order valence-corrected chi connectivity index (χ2v) is 9.81. The van der Waals surface area contributed by atoms with Gasteiger partial charge in [0.2, 0.25) is 0 Å². The minimum absolute atomic E-state index is 0.402. The molecule has 3 aliphatic rings. The summed E-state index contributed by atoms with van der Waals surface area (Å²) < 4.78 is 6.17. The maximum Gasteiger partial charge on any atom is 0.335 e. The number of carboxylic acids is 2. The topological polar surface area (TPSA) is 128 Å². The summed E-state index contributed by atoms with van der Waals surface area (Å²) in [4.78, 5) is 22.2. The number of aliphatic hydroxyl groups excluding tert-OH is 2. The Morgan fingerprint density at radius 2 is 1.66 bits per heavy atom. The minimum Gasteiger partial charge on any atom is -0.479 e. The molecule has 8 heteroatoms. The van der Waals surface area contributed by atoms with Crippen LogP contribution >= 0.6 is 0 Å². The van der Waals surface area contributed by atoms with Crippen molar-refractivity contribution in [3.8, 4) is 11.5 Å². The maximum atomic E-state index is 9.77. The van der Waals surface area contributed by atoms with Crippen molar-refractivity contribution in [2.45, 2.75) is 62.2 Å². The van der Waals surface area contributed by atoms with Gasteiger partial charge >= 0.3 is 11.9 Å². The number of ether oxygens (including phenoxy) is 1. The van der Waals surface area contributed by atoms with Crippen LogP contribution in [-0.4, -0.2) is 69.1 Å². The quantitative estimate of drug-likeness (QED) is 0.511. The van der Waals surface area contributed by atoms with Gasteiger partial charge in [-0.1, -0.05) is 37.1 Å². The largest absolute Gasteiger partial charge is 0.479 e. The second kappa shape index (κ2) is 10.4. The van der Waals surface area contributed by atoms with Gasteiger partial charge in [0, 0.05) is 11.5 Å². The van der Waals surface area contributed by atoms with Gasteiger partial charge < -0.3 is 30.1 Å². The number of carboxylic acid groups (broad SMARTS) is 2. The van der Waals surface area contributed by atoms with E-state index in [2.05, 4.69) is 30.1 Å². The van der Waals surface area contributed by atoms with Gasteiger partial charge in [0.05, 0.1) is 0 Å². The number of benzene rings is 2. The molecule has 0 radical (unpaired) electrons. The number of carbonyl (C=O) groups is 2. The van der Waals surface area contributed by atoms with E-state index < -0.39 is 24.1 Å². The molecule has 5 atom stereocenters. The van der Waals surface area contributed by atoms with Crippen LogP contribution in [0.1, 0.15) is 43.2 Å². The summed E-state index contributed by atoms with van der Waals surface area (Å²) in [5, 5.41) is 32.5. The van der Waals surface area contributed by atoms with Gasteiger partial charge in [-0.05, 0) is 80.6 Å². The number of hydrogen-bond donors (Lipinski definition) is 4. The molecule has 1 saturated carbocycles. The van der Waals surface area contributed by atoms with Crippen molar-refractivity contribution in [2.75, 3.05) is 13.6 Å². The van der Waals surface area contributed by atoms with Crippen LogP contribution in [0, 0.1) is 5.92 Å². The molecular formula is C27H33NO7. The molecule has 1 saturated heterocycles. The van der Waals surface area contributed by atoms with E-state index in [0.717, 1.165) is 23.5 Å².